The van der Waals surface area contributed by atoms with Crippen molar-refractivity contribution in [1.82, 2.24) is 24.1 Å². The maximum Gasteiger partial charge on any atom is 0.166 e. The minimum atomic E-state index is 0.617. The van der Waals surface area contributed by atoms with Crippen LogP contribution in [0.25, 0.3) is 100 Å². The molecule has 0 saturated carbocycles. The monoisotopic (exact) mass is 715 g/mol. The van der Waals surface area contributed by atoms with Crippen molar-refractivity contribution in [3.8, 4) is 56.7 Å². The molecule has 0 aliphatic rings. The maximum absolute atomic E-state index is 5.31. The lowest BCUT2D eigenvalue weighted by atomic mass is 9.99. The lowest BCUT2D eigenvalue weighted by Crippen LogP contribution is -2.02. The standard InChI is InChI=1S/C51H33N5/c1-4-17-34(18-5-1)49-52-50(54-51(53-49)44-30-16-29-43-41-26-11-13-32-46(41)56(48(43)44)38-23-8-3-9-24-38)36-20-14-19-35(33-36)39-27-15-28-42-40-25-10-12-31-45(40)55(47(39)42)37-21-6-2-7-22-37/h1-33H. The van der Waals surface area contributed by atoms with Gasteiger partial charge in [-0.15, -0.1) is 0 Å². The van der Waals surface area contributed by atoms with Crippen LogP contribution in [-0.4, -0.2) is 24.1 Å². The first-order chi connectivity index (χ1) is 27.8. The predicted octanol–water partition coefficient (Wildman–Crippen LogP) is 12.7. The Morgan fingerprint density at radius 2 is 0.696 bits per heavy atom. The van der Waals surface area contributed by atoms with E-state index in [9.17, 15) is 0 Å². The van der Waals surface area contributed by atoms with Crippen LogP contribution in [-0.2, 0) is 0 Å². The van der Waals surface area contributed by atoms with Crippen molar-refractivity contribution >= 4 is 43.6 Å². The van der Waals surface area contributed by atoms with Crippen LogP contribution < -0.4 is 0 Å². The van der Waals surface area contributed by atoms with Crippen LogP contribution in [0, 0.1) is 0 Å². The van der Waals surface area contributed by atoms with Crippen molar-refractivity contribution in [2.45, 2.75) is 0 Å². The molecule has 0 unspecified atom stereocenters. The van der Waals surface area contributed by atoms with Gasteiger partial charge < -0.3 is 9.13 Å². The van der Waals surface area contributed by atoms with Crippen molar-refractivity contribution in [2.75, 3.05) is 0 Å². The fourth-order valence-corrected chi connectivity index (χ4v) is 8.31. The van der Waals surface area contributed by atoms with E-state index in [1.165, 1.54) is 27.2 Å². The molecule has 5 nitrogen and oxygen atoms in total. The zero-order valence-electron chi connectivity index (χ0n) is 30.3. The van der Waals surface area contributed by atoms with Crippen molar-refractivity contribution in [3.05, 3.63) is 200 Å². The molecule has 11 aromatic rings. The molecule has 56 heavy (non-hydrogen) atoms. The molecular weight excluding hydrogens is 683 g/mol. The largest absolute Gasteiger partial charge is 0.309 e. The Morgan fingerprint density at radius 1 is 0.286 bits per heavy atom. The van der Waals surface area contributed by atoms with E-state index in [0.29, 0.717) is 17.5 Å². The van der Waals surface area contributed by atoms with Gasteiger partial charge in [0.1, 0.15) is 0 Å². The molecule has 0 spiro atoms. The van der Waals surface area contributed by atoms with E-state index >= 15 is 0 Å². The first-order valence-corrected chi connectivity index (χ1v) is 18.9. The molecule has 0 fully saturated rings. The molecule has 0 aliphatic carbocycles. The molecule has 0 aliphatic heterocycles. The molecule has 11 rings (SSSR count). The zero-order valence-corrected chi connectivity index (χ0v) is 30.3. The Balaban J connectivity index is 1.15. The third kappa shape index (κ3) is 5.13. The lowest BCUT2D eigenvalue weighted by Gasteiger charge is -2.14. The van der Waals surface area contributed by atoms with Gasteiger partial charge in [-0.05, 0) is 54.1 Å². The lowest BCUT2D eigenvalue weighted by molar-refractivity contribution is 1.07. The Bertz CT molecular complexity index is 3240. The van der Waals surface area contributed by atoms with E-state index in [1.54, 1.807) is 0 Å². The van der Waals surface area contributed by atoms with Crippen LogP contribution in [0.1, 0.15) is 0 Å². The third-order valence-electron chi connectivity index (χ3n) is 10.8. The highest BCUT2D eigenvalue weighted by Crippen LogP contribution is 2.40. The van der Waals surface area contributed by atoms with Gasteiger partial charge in [-0.25, -0.2) is 15.0 Å². The normalized spacial score (nSPS) is 11.6. The second-order valence-electron chi connectivity index (χ2n) is 14.0. The summed E-state index contributed by atoms with van der Waals surface area (Å²) in [7, 11) is 0. The quantitative estimate of drug-likeness (QED) is 0.172. The molecule has 262 valence electrons. The van der Waals surface area contributed by atoms with Gasteiger partial charge >= 0.3 is 0 Å². The number of fused-ring (bicyclic) bond motifs is 6. The molecule has 0 atom stereocenters. The molecule has 0 radical (unpaired) electrons. The van der Waals surface area contributed by atoms with E-state index in [2.05, 4.69) is 191 Å². The van der Waals surface area contributed by atoms with Gasteiger partial charge in [0.05, 0.1) is 22.1 Å². The van der Waals surface area contributed by atoms with Crippen LogP contribution in [0.5, 0.6) is 0 Å². The summed E-state index contributed by atoms with van der Waals surface area (Å²) in [6, 6.07) is 70.2. The molecule has 3 aromatic heterocycles. The SMILES string of the molecule is c1ccc(-c2nc(-c3cccc(-c4cccc5c6ccccc6n(-c6ccccc6)c45)c3)nc(-c3cccc4c5ccccc5n(-c5ccccc5)c34)n2)cc1. The summed E-state index contributed by atoms with van der Waals surface area (Å²) in [5.41, 5.74) is 11.8. The van der Waals surface area contributed by atoms with Crippen molar-refractivity contribution in [1.29, 1.82) is 0 Å². The molecule has 0 saturated heterocycles. The van der Waals surface area contributed by atoms with E-state index < -0.39 is 0 Å². The smallest absolute Gasteiger partial charge is 0.166 e. The Kier molecular flexibility index (Phi) is 7.42. The summed E-state index contributed by atoms with van der Waals surface area (Å²) in [6.45, 7) is 0. The second-order valence-corrected chi connectivity index (χ2v) is 14.0. The van der Waals surface area contributed by atoms with Gasteiger partial charge in [0, 0.05) is 55.2 Å². The van der Waals surface area contributed by atoms with Crippen molar-refractivity contribution in [2.24, 2.45) is 0 Å². The number of hydrogen-bond acceptors (Lipinski definition) is 3. The molecule has 0 bridgehead atoms. The van der Waals surface area contributed by atoms with Crippen molar-refractivity contribution < 1.29 is 0 Å². The molecular formula is C51H33N5. The van der Waals surface area contributed by atoms with Crippen molar-refractivity contribution in [3.63, 3.8) is 0 Å². The van der Waals surface area contributed by atoms with E-state index in [1.807, 2.05) is 18.2 Å². The molecule has 0 N–H and O–H groups in total. The van der Waals surface area contributed by atoms with E-state index in [4.69, 9.17) is 15.0 Å². The number of rotatable bonds is 6. The number of benzene rings is 8. The summed E-state index contributed by atoms with van der Waals surface area (Å²) in [5.74, 6) is 1.86. The first-order valence-electron chi connectivity index (χ1n) is 18.9. The van der Waals surface area contributed by atoms with Gasteiger partial charge in [-0.2, -0.15) is 0 Å². The van der Waals surface area contributed by atoms with Gasteiger partial charge in [0.15, 0.2) is 17.5 Å². The first kappa shape index (κ1) is 31.9. The second kappa shape index (κ2) is 13.0. The van der Waals surface area contributed by atoms with Gasteiger partial charge in [-0.1, -0.05) is 152 Å². The number of nitrogens with zero attached hydrogens (tertiary/aromatic N) is 5. The van der Waals surface area contributed by atoms with E-state index in [-0.39, 0.29) is 0 Å². The predicted molar refractivity (Wildman–Crippen MR) is 230 cm³/mol. The zero-order chi connectivity index (χ0) is 37.0. The summed E-state index contributed by atoms with van der Waals surface area (Å²) in [6.07, 6.45) is 0. The number of hydrogen-bond donors (Lipinski definition) is 0. The summed E-state index contributed by atoms with van der Waals surface area (Å²) >= 11 is 0. The Morgan fingerprint density at radius 3 is 1.30 bits per heavy atom. The molecule has 3 heterocycles. The van der Waals surface area contributed by atoms with Gasteiger partial charge in [0.25, 0.3) is 0 Å². The topological polar surface area (TPSA) is 48.5 Å². The fraction of sp³-hybridized carbons (Fsp3) is 0. The number of aromatic nitrogens is 5. The highest BCUT2D eigenvalue weighted by molar-refractivity contribution is 6.15. The van der Waals surface area contributed by atoms with Gasteiger partial charge in [-0.3, -0.25) is 0 Å². The highest BCUT2D eigenvalue weighted by atomic mass is 15.0. The van der Waals surface area contributed by atoms with Crippen LogP contribution in [0.15, 0.2) is 200 Å². The number of para-hydroxylation sites is 6. The molecule has 8 aromatic carbocycles. The van der Waals surface area contributed by atoms with Crippen LogP contribution in [0.3, 0.4) is 0 Å². The van der Waals surface area contributed by atoms with Crippen LogP contribution >= 0.6 is 0 Å². The average Bonchev–Trinajstić information content (AvgIpc) is 3.81. The minimum absolute atomic E-state index is 0.617. The highest BCUT2D eigenvalue weighted by Gasteiger charge is 2.21. The Labute approximate surface area is 323 Å². The fourth-order valence-electron chi connectivity index (χ4n) is 8.31. The summed E-state index contributed by atoms with van der Waals surface area (Å²) < 4.78 is 4.71. The Hall–Kier alpha value is -7.63. The summed E-state index contributed by atoms with van der Waals surface area (Å²) in [4.78, 5) is 15.7. The average molecular weight is 716 g/mol. The minimum Gasteiger partial charge on any atom is -0.309 e. The maximum atomic E-state index is 5.31. The van der Waals surface area contributed by atoms with Crippen LogP contribution in [0.2, 0.25) is 0 Å². The molecule has 5 heteroatoms. The van der Waals surface area contributed by atoms with Crippen LogP contribution in [0.4, 0.5) is 0 Å². The molecule has 0 amide bonds. The van der Waals surface area contributed by atoms with Gasteiger partial charge in [0.2, 0.25) is 0 Å². The van der Waals surface area contributed by atoms with E-state index in [0.717, 1.165) is 55.6 Å². The summed E-state index contributed by atoms with van der Waals surface area (Å²) in [5, 5.41) is 4.76. The third-order valence-corrected chi connectivity index (χ3v) is 10.8.